The third-order valence-electron chi connectivity index (χ3n) is 12.7. The van der Waals surface area contributed by atoms with Gasteiger partial charge in [0.15, 0.2) is 0 Å². The number of hydrogen-bond donors (Lipinski definition) is 1. The zero-order valence-electron chi connectivity index (χ0n) is 33.2. The molecule has 5 aliphatic heterocycles. The van der Waals surface area contributed by atoms with Crippen LogP contribution in [0.3, 0.4) is 0 Å². The van der Waals surface area contributed by atoms with E-state index in [1.54, 1.807) is 41.3 Å². The third-order valence-corrected chi connectivity index (χ3v) is 13.0. The number of amides is 6. The molecule has 0 bridgehead atoms. The van der Waals surface area contributed by atoms with Crippen molar-refractivity contribution < 1.29 is 28.8 Å². The summed E-state index contributed by atoms with van der Waals surface area (Å²) < 4.78 is 0. The molecule has 1 N–H and O–H groups in total. The van der Waals surface area contributed by atoms with E-state index in [4.69, 9.17) is 11.6 Å². The van der Waals surface area contributed by atoms with E-state index < -0.39 is 35.1 Å². The number of nitrogens with zero attached hydrogens (tertiary/aromatic N) is 6. The van der Waals surface area contributed by atoms with Crippen LogP contribution in [0.5, 0.6) is 0 Å². The average Bonchev–Trinajstić information content (AvgIpc) is 3.87. The number of carbonyl (C=O) groups excluding carboxylic acids is 6. The molecule has 60 heavy (non-hydrogen) atoms. The molecule has 3 fully saturated rings. The minimum absolute atomic E-state index is 0.0637. The van der Waals surface area contributed by atoms with Crippen LogP contribution < -0.4 is 20.0 Å². The number of carbonyl (C=O) groups is 6. The fourth-order valence-electron chi connectivity index (χ4n) is 9.25. The number of halogens is 1. The molecule has 5 aliphatic rings. The zero-order valence-corrected chi connectivity index (χ0v) is 34.0. The van der Waals surface area contributed by atoms with Gasteiger partial charge in [0, 0.05) is 63.5 Å². The predicted molar refractivity (Wildman–Crippen MR) is 225 cm³/mol. The standard InChI is InChI=1S/C46H42ClN7O6/c1-46(2)36-22-29(6-12-38(36)53(45(46)60)33-9-5-30(25-48)37(47)24-33)28-3-7-31(8-4-28)52-16-15-27(26-52)21-41(56)51-19-17-50(18-20-51)32-10-11-34-35(23-32)44(59)54(43(34)58)39-13-14-40(55)49-42(39)57/h3-12,22-24,27,39H,13-21,26H2,1-2H3,(H,49,55,57). The van der Waals surface area contributed by atoms with E-state index in [2.05, 4.69) is 51.5 Å². The molecule has 2 atom stereocenters. The van der Waals surface area contributed by atoms with E-state index in [1.165, 1.54) is 0 Å². The summed E-state index contributed by atoms with van der Waals surface area (Å²) in [6.07, 6.45) is 1.55. The molecule has 0 radical (unpaired) electrons. The maximum absolute atomic E-state index is 13.7. The van der Waals surface area contributed by atoms with E-state index in [1.807, 2.05) is 30.9 Å². The lowest BCUT2D eigenvalue weighted by atomic mass is 9.84. The first kappa shape index (κ1) is 39.0. The number of anilines is 4. The maximum Gasteiger partial charge on any atom is 0.262 e. The van der Waals surface area contributed by atoms with E-state index in [-0.39, 0.29) is 41.7 Å². The fourth-order valence-corrected chi connectivity index (χ4v) is 9.47. The second-order valence-electron chi connectivity index (χ2n) is 16.7. The maximum atomic E-state index is 13.7. The van der Waals surface area contributed by atoms with Crippen molar-refractivity contribution in [3.05, 3.63) is 106 Å². The predicted octanol–water partition coefficient (Wildman–Crippen LogP) is 5.80. The Labute approximate surface area is 352 Å². The van der Waals surface area contributed by atoms with Gasteiger partial charge < -0.3 is 14.7 Å². The van der Waals surface area contributed by atoms with Crippen molar-refractivity contribution in [1.82, 2.24) is 15.1 Å². The molecule has 6 amide bonds. The van der Waals surface area contributed by atoms with Crippen LogP contribution in [0.2, 0.25) is 5.02 Å². The van der Waals surface area contributed by atoms with Gasteiger partial charge in [0.1, 0.15) is 12.1 Å². The zero-order chi connectivity index (χ0) is 42.0. The first-order valence-electron chi connectivity index (χ1n) is 20.2. The van der Waals surface area contributed by atoms with Gasteiger partial charge in [0.05, 0.1) is 38.5 Å². The molecular formula is C46H42ClN7O6. The Morgan fingerprint density at radius 2 is 1.48 bits per heavy atom. The van der Waals surface area contributed by atoms with Crippen molar-refractivity contribution in [3.8, 4) is 17.2 Å². The Bertz CT molecular complexity index is 2560. The van der Waals surface area contributed by atoms with Gasteiger partial charge in [-0.1, -0.05) is 29.8 Å². The van der Waals surface area contributed by atoms with Crippen LogP contribution in [0.25, 0.3) is 11.1 Å². The van der Waals surface area contributed by atoms with E-state index >= 15 is 0 Å². The Balaban J connectivity index is 0.792. The summed E-state index contributed by atoms with van der Waals surface area (Å²) in [5.41, 5.74) is 6.31. The van der Waals surface area contributed by atoms with Crippen molar-refractivity contribution in [2.45, 2.75) is 51.0 Å². The third kappa shape index (κ3) is 6.65. The topological polar surface area (TPSA) is 154 Å². The second-order valence-corrected chi connectivity index (χ2v) is 17.1. The molecule has 2 unspecified atom stereocenters. The first-order chi connectivity index (χ1) is 28.8. The number of fused-ring (bicyclic) bond motifs is 2. The number of benzene rings is 4. The van der Waals surface area contributed by atoms with Gasteiger partial charge in [-0.2, -0.15) is 5.26 Å². The Hall–Kier alpha value is -6.52. The van der Waals surface area contributed by atoms with Gasteiger partial charge in [-0.05, 0) is 110 Å². The number of rotatable bonds is 7. The molecule has 4 aromatic rings. The summed E-state index contributed by atoms with van der Waals surface area (Å²) in [5.74, 6) is -1.83. The largest absolute Gasteiger partial charge is 0.371 e. The second kappa shape index (κ2) is 14.9. The summed E-state index contributed by atoms with van der Waals surface area (Å²) in [6.45, 7) is 7.73. The molecule has 0 saturated carbocycles. The summed E-state index contributed by atoms with van der Waals surface area (Å²) in [7, 11) is 0. The Kier molecular flexibility index (Phi) is 9.70. The molecule has 0 spiro atoms. The molecule has 9 rings (SSSR count). The highest BCUT2D eigenvalue weighted by Gasteiger charge is 2.46. The number of piperazine rings is 1. The van der Waals surface area contributed by atoms with Crippen molar-refractivity contribution >= 4 is 69.8 Å². The highest BCUT2D eigenvalue weighted by Crippen LogP contribution is 2.47. The molecular weight excluding hydrogens is 782 g/mol. The van der Waals surface area contributed by atoms with Crippen LogP contribution in [0, 0.1) is 17.2 Å². The molecule has 14 heteroatoms. The minimum atomic E-state index is -1.01. The minimum Gasteiger partial charge on any atom is -0.371 e. The van der Waals surface area contributed by atoms with Crippen LogP contribution in [0.15, 0.2) is 78.9 Å². The lowest BCUT2D eigenvalue weighted by Crippen LogP contribution is -2.54. The number of nitrogens with one attached hydrogen (secondary N) is 1. The lowest BCUT2D eigenvalue weighted by Gasteiger charge is -2.36. The summed E-state index contributed by atoms with van der Waals surface area (Å²) in [5, 5.41) is 11.8. The van der Waals surface area contributed by atoms with Gasteiger partial charge in [0.2, 0.25) is 23.6 Å². The highest BCUT2D eigenvalue weighted by atomic mass is 35.5. The van der Waals surface area contributed by atoms with Crippen LogP contribution in [0.4, 0.5) is 22.7 Å². The van der Waals surface area contributed by atoms with E-state index in [9.17, 15) is 34.0 Å². The highest BCUT2D eigenvalue weighted by molar-refractivity contribution is 6.32. The van der Waals surface area contributed by atoms with E-state index in [0.717, 1.165) is 58.2 Å². The summed E-state index contributed by atoms with van der Waals surface area (Å²) in [6, 6.07) is 25.7. The lowest BCUT2D eigenvalue weighted by molar-refractivity contribution is -0.136. The normalized spacial score (nSPS) is 21.0. The van der Waals surface area contributed by atoms with Crippen molar-refractivity contribution in [2.75, 3.05) is 54.0 Å². The van der Waals surface area contributed by atoms with Gasteiger partial charge in [-0.25, -0.2) is 0 Å². The van der Waals surface area contributed by atoms with E-state index in [0.29, 0.717) is 48.9 Å². The van der Waals surface area contributed by atoms with Gasteiger partial charge >= 0.3 is 0 Å². The van der Waals surface area contributed by atoms with Crippen molar-refractivity contribution in [3.63, 3.8) is 0 Å². The monoisotopic (exact) mass is 823 g/mol. The number of hydrogen-bond acceptors (Lipinski definition) is 9. The Morgan fingerprint density at radius 3 is 2.20 bits per heavy atom. The molecule has 0 aliphatic carbocycles. The SMILES string of the molecule is CC1(C)C(=O)N(c2ccc(C#N)c(Cl)c2)c2ccc(-c3ccc(N4CCC(CC(=O)N5CCN(c6ccc7c(c6)C(=O)N(C6CCC(=O)NC6=O)C7=O)CC5)C4)cc3)cc21. The molecule has 3 saturated heterocycles. The van der Waals surface area contributed by atoms with Crippen LogP contribution in [-0.4, -0.2) is 90.6 Å². The van der Waals surface area contributed by atoms with Crippen molar-refractivity contribution in [1.29, 1.82) is 5.26 Å². The first-order valence-corrected chi connectivity index (χ1v) is 20.6. The van der Waals surface area contributed by atoms with Crippen LogP contribution in [0.1, 0.15) is 71.4 Å². The number of piperidine rings is 1. The quantitative estimate of drug-likeness (QED) is 0.228. The van der Waals surface area contributed by atoms with Gasteiger partial charge in [0.25, 0.3) is 11.8 Å². The molecule has 13 nitrogen and oxygen atoms in total. The number of nitriles is 1. The summed E-state index contributed by atoms with van der Waals surface area (Å²) >= 11 is 6.34. The number of imide groups is 2. The molecule has 4 aromatic carbocycles. The average molecular weight is 824 g/mol. The van der Waals surface area contributed by atoms with Crippen LogP contribution in [-0.2, 0) is 24.6 Å². The Morgan fingerprint density at radius 1 is 0.783 bits per heavy atom. The van der Waals surface area contributed by atoms with Crippen LogP contribution >= 0.6 is 11.6 Å². The van der Waals surface area contributed by atoms with Crippen molar-refractivity contribution in [2.24, 2.45) is 5.92 Å². The fraction of sp³-hybridized carbons (Fsp3) is 0.326. The molecule has 0 aromatic heterocycles. The molecule has 5 heterocycles. The summed E-state index contributed by atoms with van der Waals surface area (Å²) in [4.78, 5) is 86.7. The van der Waals surface area contributed by atoms with Gasteiger partial charge in [-0.15, -0.1) is 0 Å². The van der Waals surface area contributed by atoms with Gasteiger partial charge in [-0.3, -0.25) is 43.9 Å². The molecule has 304 valence electrons. The smallest absolute Gasteiger partial charge is 0.262 e.